The number of piperidine rings is 1. The second-order valence-corrected chi connectivity index (χ2v) is 7.59. The lowest BCUT2D eigenvalue weighted by Gasteiger charge is -2.34. The van der Waals surface area contributed by atoms with Gasteiger partial charge in [-0.3, -0.25) is 4.79 Å². The Morgan fingerprint density at radius 3 is 2.41 bits per heavy atom. The van der Waals surface area contributed by atoms with Gasteiger partial charge >= 0.3 is 0 Å². The number of amides is 1. The van der Waals surface area contributed by atoms with Crippen molar-refractivity contribution in [3.63, 3.8) is 0 Å². The Bertz CT molecular complexity index is 928. The maximum absolute atomic E-state index is 13.0. The molecule has 0 bridgehead atoms. The van der Waals surface area contributed by atoms with Gasteiger partial charge in [-0.2, -0.15) is 0 Å². The van der Waals surface area contributed by atoms with E-state index in [1.165, 1.54) is 11.1 Å². The van der Waals surface area contributed by atoms with Crippen LogP contribution in [0.15, 0.2) is 73.1 Å². The van der Waals surface area contributed by atoms with Gasteiger partial charge in [0.2, 0.25) is 11.9 Å². The Kier molecular flexibility index (Phi) is 5.84. The van der Waals surface area contributed by atoms with Crippen molar-refractivity contribution in [2.24, 2.45) is 5.92 Å². The summed E-state index contributed by atoms with van der Waals surface area (Å²) < 4.78 is 0. The van der Waals surface area contributed by atoms with Gasteiger partial charge in [0.25, 0.3) is 0 Å². The highest BCUT2D eigenvalue weighted by Gasteiger charge is 2.29. The van der Waals surface area contributed by atoms with E-state index < -0.39 is 0 Å². The minimum absolute atomic E-state index is 0.0128. The highest BCUT2D eigenvalue weighted by atomic mass is 16.2. The number of aromatic nitrogens is 2. The second-order valence-electron chi connectivity index (χ2n) is 7.59. The zero-order valence-electron chi connectivity index (χ0n) is 16.7. The molecule has 3 aromatic rings. The van der Waals surface area contributed by atoms with Crippen LogP contribution in [0.25, 0.3) is 11.1 Å². The number of anilines is 1. The van der Waals surface area contributed by atoms with E-state index in [0.29, 0.717) is 19.0 Å². The molecule has 1 amide bonds. The molecule has 2 aromatic carbocycles. The summed E-state index contributed by atoms with van der Waals surface area (Å²) in [6, 6.07) is 20.6. The third kappa shape index (κ3) is 4.62. The van der Waals surface area contributed by atoms with Gasteiger partial charge < -0.3 is 9.80 Å². The van der Waals surface area contributed by atoms with Crippen LogP contribution in [0, 0.1) is 5.92 Å². The Balaban J connectivity index is 1.38. The molecule has 5 heteroatoms. The third-order valence-corrected chi connectivity index (χ3v) is 5.46. The summed E-state index contributed by atoms with van der Waals surface area (Å²) in [6.45, 7) is 2.20. The minimum atomic E-state index is -0.0128. The molecule has 1 saturated heterocycles. The standard InChI is InChI=1S/C24H26N4O/c1-27(17-19-10-12-21(13-11-19)20-7-3-2-4-8-20)23(29)22-9-5-16-28(18-22)24-25-14-6-15-26-24/h2-4,6-8,10-15,22H,5,9,16-18H2,1H3. The van der Waals surface area contributed by atoms with E-state index in [1.807, 2.05) is 36.2 Å². The van der Waals surface area contributed by atoms with Crippen LogP contribution in [0.1, 0.15) is 18.4 Å². The first-order chi connectivity index (χ1) is 14.2. The largest absolute Gasteiger partial charge is 0.341 e. The topological polar surface area (TPSA) is 49.3 Å². The third-order valence-electron chi connectivity index (χ3n) is 5.46. The van der Waals surface area contributed by atoms with Gasteiger partial charge in [0.15, 0.2) is 0 Å². The number of benzene rings is 2. The highest BCUT2D eigenvalue weighted by molar-refractivity contribution is 5.79. The van der Waals surface area contributed by atoms with Crippen molar-refractivity contribution in [2.75, 3.05) is 25.0 Å². The van der Waals surface area contributed by atoms with Crippen molar-refractivity contribution in [2.45, 2.75) is 19.4 Å². The Labute approximate surface area is 172 Å². The summed E-state index contributed by atoms with van der Waals surface area (Å²) in [5.74, 6) is 0.892. The molecule has 5 nitrogen and oxygen atoms in total. The molecule has 148 valence electrons. The van der Waals surface area contributed by atoms with E-state index >= 15 is 0 Å². The first-order valence-corrected chi connectivity index (χ1v) is 10.1. The van der Waals surface area contributed by atoms with Crippen molar-refractivity contribution < 1.29 is 4.79 Å². The number of rotatable bonds is 5. The van der Waals surface area contributed by atoms with Crippen LogP contribution in [-0.4, -0.2) is 40.9 Å². The average molecular weight is 386 g/mol. The Morgan fingerprint density at radius 1 is 1.00 bits per heavy atom. The van der Waals surface area contributed by atoms with Crippen molar-refractivity contribution in [1.29, 1.82) is 0 Å². The fourth-order valence-corrected chi connectivity index (χ4v) is 3.91. The number of hydrogen-bond donors (Lipinski definition) is 0. The summed E-state index contributed by atoms with van der Waals surface area (Å²) in [7, 11) is 1.89. The van der Waals surface area contributed by atoms with Crippen molar-refractivity contribution >= 4 is 11.9 Å². The lowest BCUT2D eigenvalue weighted by molar-refractivity contribution is -0.135. The molecule has 1 unspecified atom stereocenters. The van der Waals surface area contributed by atoms with Crippen LogP contribution >= 0.6 is 0 Å². The number of hydrogen-bond acceptors (Lipinski definition) is 4. The molecule has 0 N–H and O–H groups in total. The van der Waals surface area contributed by atoms with E-state index in [9.17, 15) is 4.79 Å². The van der Waals surface area contributed by atoms with Gasteiger partial charge in [0, 0.05) is 39.1 Å². The molecule has 1 aromatic heterocycles. The summed E-state index contributed by atoms with van der Waals surface area (Å²) >= 11 is 0. The van der Waals surface area contributed by atoms with Gasteiger partial charge in [-0.15, -0.1) is 0 Å². The lowest BCUT2D eigenvalue weighted by atomic mass is 9.96. The molecule has 1 aliphatic heterocycles. The van der Waals surface area contributed by atoms with Crippen LogP contribution in [-0.2, 0) is 11.3 Å². The van der Waals surface area contributed by atoms with Gasteiger partial charge in [-0.25, -0.2) is 9.97 Å². The Hall–Kier alpha value is -3.21. The van der Waals surface area contributed by atoms with Crippen LogP contribution < -0.4 is 4.90 Å². The molecular formula is C24H26N4O. The predicted octanol–water partition coefficient (Wildman–Crippen LogP) is 4.02. The maximum Gasteiger partial charge on any atom is 0.227 e. The number of nitrogens with zero attached hydrogens (tertiary/aromatic N) is 4. The molecule has 0 spiro atoms. The van der Waals surface area contributed by atoms with Crippen LogP contribution in [0.3, 0.4) is 0 Å². The molecule has 4 rings (SSSR count). The zero-order valence-corrected chi connectivity index (χ0v) is 16.7. The monoisotopic (exact) mass is 386 g/mol. The maximum atomic E-state index is 13.0. The van der Waals surface area contributed by atoms with E-state index in [0.717, 1.165) is 24.9 Å². The normalized spacial score (nSPS) is 16.4. The van der Waals surface area contributed by atoms with E-state index in [-0.39, 0.29) is 11.8 Å². The first kappa shape index (κ1) is 19.1. The van der Waals surface area contributed by atoms with Crippen LogP contribution in [0.5, 0.6) is 0 Å². The average Bonchev–Trinajstić information content (AvgIpc) is 2.80. The summed E-state index contributed by atoms with van der Waals surface area (Å²) in [6.07, 6.45) is 5.39. The SMILES string of the molecule is CN(Cc1ccc(-c2ccccc2)cc1)C(=O)C1CCCN(c2ncccn2)C1. The minimum Gasteiger partial charge on any atom is -0.341 e. The van der Waals surface area contributed by atoms with Crippen molar-refractivity contribution in [3.8, 4) is 11.1 Å². The van der Waals surface area contributed by atoms with Gasteiger partial charge in [-0.05, 0) is 35.6 Å². The molecule has 0 radical (unpaired) electrons. The molecule has 1 fully saturated rings. The molecule has 0 aliphatic carbocycles. The fourth-order valence-electron chi connectivity index (χ4n) is 3.91. The quantitative estimate of drug-likeness (QED) is 0.665. The smallest absolute Gasteiger partial charge is 0.227 e. The number of carbonyl (C=O) groups is 1. The number of carbonyl (C=O) groups excluding carboxylic acids is 1. The van der Waals surface area contributed by atoms with Crippen LogP contribution in [0.2, 0.25) is 0 Å². The highest BCUT2D eigenvalue weighted by Crippen LogP contribution is 2.23. The molecule has 29 heavy (non-hydrogen) atoms. The van der Waals surface area contributed by atoms with Crippen LogP contribution in [0.4, 0.5) is 5.95 Å². The van der Waals surface area contributed by atoms with Gasteiger partial charge in [0.05, 0.1) is 5.92 Å². The summed E-state index contributed by atoms with van der Waals surface area (Å²) in [4.78, 5) is 25.7. The predicted molar refractivity (Wildman–Crippen MR) is 115 cm³/mol. The lowest BCUT2D eigenvalue weighted by Crippen LogP contribution is -2.44. The van der Waals surface area contributed by atoms with Crippen molar-refractivity contribution in [3.05, 3.63) is 78.6 Å². The van der Waals surface area contributed by atoms with E-state index in [4.69, 9.17) is 0 Å². The van der Waals surface area contributed by atoms with E-state index in [2.05, 4.69) is 51.3 Å². The molecule has 1 aliphatic rings. The summed E-state index contributed by atoms with van der Waals surface area (Å²) in [5.41, 5.74) is 3.53. The first-order valence-electron chi connectivity index (χ1n) is 10.1. The Morgan fingerprint density at radius 2 is 1.69 bits per heavy atom. The molecular weight excluding hydrogens is 360 g/mol. The van der Waals surface area contributed by atoms with Gasteiger partial charge in [0.1, 0.15) is 0 Å². The molecule has 2 heterocycles. The molecule has 1 atom stereocenters. The molecule has 0 saturated carbocycles. The fraction of sp³-hybridized carbons (Fsp3) is 0.292. The van der Waals surface area contributed by atoms with E-state index in [1.54, 1.807) is 12.4 Å². The zero-order chi connectivity index (χ0) is 20.1. The van der Waals surface area contributed by atoms with Gasteiger partial charge in [-0.1, -0.05) is 54.6 Å². The van der Waals surface area contributed by atoms with Crippen molar-refractivity contribution in [1.82, 2.24) is 14.9 Å². The summed E-state index contributed by atoms with van der Waals surface area (Å²) in [5, 5.41) is 0. The second kappa shape index (κ2) is 8.86.